The van der Waals surface area contributed by atoms with E-state index in [9.17, 15) is 23.1 Å². The summed E-state index contributed by atoms with van der Waals surface area (Å²) in [6.07, 6.45) is -1.30. The number of H-pyrrole nitrogens is 1. The number of carbonyl (C=O) groups excluding carboxylic acids is 1. The Morgan fingerprint density at radius 2 is 2.09 bits per heavy atom. The summed E-state index contributed by atoms with van der Waals surface area (Å²) >= 11 is 0. The minimum absolute atomic E-state index is 0.0397. The first-order valence-electron chi connectivity index (χ1n) is 10.0. The monoisotopic (exact) mass is 461 g/mol. The minimum Gasteiger partial charge on any atom is -0.438 e. The number of hydrogen-bond acceptors (Lipinski definition) is 7. The van der Waals surface area contributed by atoms with E-state index in [1.54, 1.807) is 0 Å². The first-order valence-corrected chi connectivity index (χ1v) is 10.0. The predicted octanol–water partition coefficient (Wildman–Crippen LogP) is 3.63. The van der Waals surface area contributed by atoms with Crippen LogP contribution in [0.4, 0.5) is 13.2 Å². The number of oxazole rings is 2. The predicted molar refractivity (Wildman–Crippen MR) is 106 cm³/mol. The molecule has 0 bridgehead atoms. The van der Waals surface area contributed by atoms with Crippen LogP contribution in [0.3, 0.4) is 0 Å². The Labute approximate surface area is 184 Å². The third-order valence-electron chi connectivity index (χ3n) is 5.36. The fourth-order valence-electron chi connectivity index (χ4n) is 3.81. The first-order chi connectivity index (χ1) is 15.6. The van der Waals surface area contributed by atoms with E-state index >= 15 is 0 Å². The molecule has 4 aromatic rings. The number of benzene rings is 1. The zero-order valence-electron chi connectivity index (χ0n) is 17.5. The molecule has 1 aromatic carbocycles. The van der Waals surface area contributed by atoms with Crippen LogP contribution in [0.5, 0.6) is 0 Å². The van der Waals surface area contributed by atoms with Crippen molar-refractivity contribution in [2.45, 2.75) is 38.3 Å². The Hall–Kier alpha value is -3.67. The van der Waals surface area contributed by atoms with Gasteiger partial charge in [-0.3, -0.25) is 4.79 Å². The number of imidazole rings is 1. The topological polar surface area (TPSA) is 121 Å². The van der Waals surface area contributed by atoms with Crippen molar-refractivity contribution in [1.82, 2.24) is 24.8 Å². The molecule has 5 rings (SSSR count). The molecule has 0 saturated carbocycles. The number of nitrogens with one attached hydrogen (secondary N) is 1. The zero-order chi connectivity index (χ0) is 23.5. The Balaban J connectivity index is 1.62. The summed E-state index contributed by atoms with van der Waals surface area (Å²) in [7, 11) is 0. The van der Waals surface area contributed by atoms with E-state index in [2.05, 4.69) is 19.9 Å². The summed E-state index contributed by atoms with van der Waals surface area (Å²) in [6, 6.07) is 2.82. The number of fused-ring (bicyclic) bond motifs is 2. The van der Waals surface area contributed by atoms with Crippen LogP contribution in [-0.2, 0) is 12.0 Å². The van der Waals surface area contributed by atoms with Gasteiger partial charge in [-0.05, 0) is 26.0 Å². The Kier molecular flexibility index (Phi) is 4.78. The van der Waals surface area contributed by atoms with Gasteiger partial charge in [0.05, 0.1) is 12.0 Å². The highest BCUT2D eigenvalue weighted by Gasteiger charge is 2.41. The summed E-state index contributed by atoms with van der Waals surface area (Å²) in [5.41, 5.74) is -0.883. The maximum absolute atomic E-state index is 13.7. The molecular formula is C21H18F3N5O4. The van der Waals surface area contributed by atoms with Gasteiger partial charge in [0.1, 0.15) is 16.9 Å². The van der Waals surface area contributed by atoms with Crippen LogP contribution in [0.2, 0.25) is 0 Å². The van der Waals surface area contributed by atoms with Gasteiger partial charge in [0.25, 0.3) is 12.3 Å². The number of alkyl halides is 2. The largest absolute Gasteiger partial charge is 0.438 e. The number of rotatable bonds is 4. The minimum atomic E-state index is -3.11. The highest BCUT2D eigenvalue weighted by molar-refractivity contribution is 5.93. The van der Waals surface area contributed by atoms with Gasteiger partial charge in [0, 0.05) is 24.7 Å². The highest BCUT2D eigenvalue weighted by Crippen LogP contribution is 2.37. The third kappa shape index (κ3) is 3.55. The summed E-state index contributed by atoms with van der Waals surface area (Å²) < 4.78 is 52.1. The van der Waals surface area contributed by atoms with Gasteiger partial charge >= 0.3 is 0 Å². The van der Waals surface area contributed by atoms with Crippen molar-refractivity contribution in [2.24, 2.45) is 0 Å². The molecule has 0 radical (unpaired) electrons. The van der Waals surface area contributed by atoms with Crippen molar-refractivity contribution in [3.8, 4) is 0 Å². The summed E-state index contributed by atoms with van der Waals surface area (Å²) in [5.74, 6) is -2.46. The number of carbonyl (C=O) groups is 1. The summed E-state index contributed by atoms with van der Waals surface area (Å²) in [4.78, 5) is 29.9. The second kappa shape index (κ2) is 7.44. The average molecular weight is 461 g/mol. The Morgan fingerprint density at radius 1 is 1.30 bits per heavy atom. The number of nitrogens with zero attached hydrogens (tertiary/aromatic N) is 4. The van der Waals surface area contributed by atoms with Crippen molar-refractivity contribution < 1.29 is 31.9 Å². The molecule has 0 spiro atoms. The van der Waals surface area contributed by atoms with Gasteiger partial charge in [0.2, 0.25) is 17.5 Å². The van der Waals surface area contributed by atoms with Crippen molar-refractivity contribution >= 4 is 17.0 Å². The molecule has 9 nitrogen and oxygen atoms in total. The van der Waals surface area contributed by atoms with Crippen LogP contribution in [0.15, 0.2) is 33.4 Å². The van der Waals surface area contributed by atoms with E-state index in [0.717, 1.165) is 5.69 Å². The maximum Gasteiger partial charge on any atom is 0.292 e. The quantitative estimate of drug-likeness (QED) is 0.476. The van der Waals surface area contributed by atoms with Crippen LogP contribution in [0, 0.1) is 5.82 Å². The molecule has 1 amide bonds. The molecule has 172 valence electrons. The molecule has 1 unspecified atom stereocenters. The number of aromatic nitrogens is 4. The van der Waals surface area contributed by atoms with Crippen LogP contribution in [-0.4, -0.2) is 42.4 Å². The van der Waals surface area contributed by atoms with E-state index in [4.69, 9.17) is 8.83 Å². The molecule has 1 aliphatic heterocycles. The van der Waals surface area contributed by atoms with Crippen molar-refractivity contribution in [1.29, 1.82) is 0 Å². The second-order valence-electron chi connectivity index (χ2n) is 8.17. The SMILES string of the molecule is CC(C)(O)c1nc(C(F)F)c(C(=O)N2CCc3[nH]cnc3C2c2nc3cc(F)ccc3o2)o1. The van der Waals surface area contributed by atoms with Gasteiger partial charge in [-0.25, -0.2) is 28.1 Å². The summed E-state index contributed by atoms with van der Waals surface area (Å²) in [5, 5.41) is 10.1. The molecule has 4 heterocycles. The highest BCUT2D eigenvalue weighted by atomic mass is 19.3. The smallest absolute Gasteiger partial charge is 0.292 e. The van der Waals surface area contributed by atoms with Gasteiger partial charge in [0.15, 0.2) is 17.3 Å². The zero-order valence-corrected chi connectivity index (χ0v) is 17.5. The standard InChI is InChI=1S/C21H18F3N5O4/c1-21(2,31)20-28-14(17(23)24)16(33-20)19(30)29-6-5-10-13(26-8-25-10)15(29)18-27-11-7-9(22)3-4-12(11)32-18/h3-4,7-8,15,17,31H,5-6H2,1-2H3,(H,25,26). The first kappa shape index (κ1) is 21.2. The van der Waals surface area contributed by atoms with E-state index in [0.29, 0.717) is 17.7 Å². The second-order valence-corrected chi connectivity index (χ2v) is 8.17. The number of hydrogen-bond donors (Lipinski definition) is 2. The van der Waals surface area contributed by atoms with Gasteiger partial charge in [-0.1, -0.05) is 0 Å². The van der Waals surface area contributed by atoms with E-state index in [1.807, 2.05) is 0 Å². The van der Waals surface area contributed by atoms with Crippen LogP contribution < -0.4 is 0 Å². The lowest BCUT2D eigenvalue weighted by Crippen LogP contribution is -2.41. The lowest BCUT2D eigenvalue weighted by molar-refractivity contribution is 0.0436. The lowest BCUT2D eigenvalue weighted by atomic mass is 10.0. The fraction of sp³-hybridized carbons (Fsp3) is 0.333. The lowest BCUT2D eigenvalue weighted by Gasteiger charge is -2.32. The van der Waals surface area contributed by atoms with Crippen LogP contribution >= 0.6 is 0 Å². The normalized spacial score (nSPS) is 16.6. The average Bonchev–Trinajstić information content (AvgIpc) is 3.48. The number of halogens is 3. The summed E-state index contributed by atoms with van der Waals surface area (Å²) in [6.45, 7) is 2.71. The van der Waals surface area contributed by atoms with Crippen molar-refractivity contribution in [2.75, 3.05) is 6.54 Å². The Morgan fingerprint density at radius 3 is 2.82 bits per heavy atom. The van der Waals surface area contributed by atoms with E-state index in [1.165, 1.54) is 43.3 Å². The van der Waals surface area contributed by atoms with Crippen LogP contribution in [0.1, 0.15) is 65.7 Å². The molecule has 12 heteroatoms. The Bertz CT molecular complexity index is 1350. The molecule has 3 aromatic heterocycles. The molecule has 0 aliphatic carbocycles. The van der Waals surface area contributed by atoms with Crippen molar-refractivity contribution in [3.63, 3.8) is 0 Å². The van der Waals surface area contributed by atoms with Crippen LogP contribution in [0.25, 0.3) is 11.1 Å². The maximum atomic E-state index is 13.7. The van der Waals surface area contributed by atoms with Crippen molar-refractivity contribution in [3.05, 3.63) is 65.0 Å². The fourth-order valence-corrected chi connectivity index (χ4v) is 3.81. The van der Waals surface area contributed by atoms with E-state index < -0.39 is 47.1 Å². The molecule has 0 saturated heterocycles. The third-order valence-corrected chi connectivity index (χ3v) is 5.36. The molecule has 33 heavy (non-hydrogen) atoms. The van der Waals surface area contributed by atoms with Gasteiger partial charge in [-0.2, -0.15) is 0 Å². The number of amides is 1. The molecule has 1 aliphatic rings. The van der Waals surface area contributed by atoms with Gasteiger partial charge in [-0.15, -0.1) is 0 Å². The molecule has 2 N–H and O–H groups in total. The van der Waals surface area contributed by atoms with Gasteiger partial charge < -0.3 is 23.8 Å². The number of aromatic amines is 1. The molecular weight excluding hydrogens is 443 g/mol. The van der Waals surface area contributed by atoms with E-state index in [-0.39, 0.29) is 18.0 Å². The molecule has 1 atom stereocenters. The molecule has 0 fully saturated rings. The number of aliphatic hydroxyl groups is 1.